The van der Waals surface area contributed by atoms with Gasteiger partial charge in [-0.05, 0) is 36.1 Å². The molecule has 3 aromatic carbocycles. The third kappa shape index (κ3) is 3.92. The van der Waals surface area contributed by atoms with Crippen LogP contribution in [0.15, 0.2) is 78.9 Å². The molecule has 1 heterocycles. The zero-order valence-electron chi connectivity index (χ0n) is 18.8. The van der Waals surface area contributed by atoms with Gasteiger partial charge in [-0.25, -0.2) is 0 Å². The van der Waals surface area contributed by atoms with Crippen LogP contribution < -0.4 is 10.5 Å². The lowest BCUT2D eigenvalue weighted by atomic mass is 9.96. The fourth-order valence-corrected chi connectivity index (χ4v) is 4.46. The number of para-hydroxylation sites is 1. The highest BCUT2D eigenvalue weighted by Crippen LogP contribution is 2.35. The number of aromatic nitrogens is 1. The van der Waals surface area contributed by atoms with E-state index in [9.17, 15) is 4.79 Å². The van der Waals surface area contributed by atoms with Gasteiger partial charge in [0.05, 0.1) is 19.2 Å². The van der Waals surface area contributed by atoms with E-state index in [-0.39, 0.29) is 0 Å². The lowest BCUT2D eigenvalue weighted by molar-refractivity contribution is 0.1000. The molecule has 0 aliphatic heterocycles. The number of primary amides is 1. The van der Waals surface area contributed by atoms with Gasteiger partial charge in [0.1, 0.15) is 5.75 Å². The molecular formula is C28H28N2O2. The van der Waals surface area contributed by atoms with Crippen LogP contribution in [0.25, 0.3) is 22.3 Å². The highest BCUT2D eigenvalue weighted by molar-refractivity contribution is 6.02. The van der Waals surface area contributed by atoms with Crippen LogP contribution >= 0.6 is 0 Å². The zero-order chi connectivity index (χ0) is 22.7. The van der Waals surface area contributed by atoms with E-state index in [1.54, 1.807) is 7.11 Å². The average Bonchev–Trinajstić information content (AvgIpc) is 3.11. The summed E-state index contributed by atoms with van der Waals surface area (Å²) in [6.45, 7) is 4.69. The molecule has 0 unspecified atom stereocenters. The van der Waals surface area contributed by atoms with Crippen LogP contribution in [0.1, 0.15) is 34.2 Å². The van der Waals surface area contributed by atoms with Gasteiger partial charge >= 0.3 is 0 Å². The first-order valence-corrected chi connectivity index (χ1v) is 10.8. The molecule has 0 aliphatic rings. The van der Waals surface area contributed by atoms with Gasteiger partial charge in [-0.2, -0.15) is 0 Å². The van der Waals surface area contributed by atoms with Gasteiger partial charge in [0.15, 0.2) is 0 Å². The van der Waals surface area contributed by atoms with E-state index >= 15 is 0 Å². The summed E-state index contributed by atoms with van der Waals surface area (Å²) in [4.78, 5) is 12.5. The predicted molar refractivity (Wildman–Crippen MR) is 130 cm³/mol. The molecule has 4 heteroatoms. The zero-order valence-corrected chi connectivity index (χ0v) is 18.8. The van der Waals surface area contributed by atoms with Crippen LogP contribution in [0.5, 0.6) is 5.75 Å². The topological polar surface area (TPSA) is 57.2 Å². The Hall–Kier alpha value is -3.79. The largest absolute Gasteiger partial charge is 0.496 e. The minimum Gasteiger partial charge on any atom is -0.496 e. The van der Waals surface area contributed by atoms with Gasteiger partial charge in [-0.15, -0.1) is 0 Å². The Morgan fingerprint density at radius 3 is 2.09 bits per heavy atom. The molecule has 4 nitrogen and oxygen atoms in total. The molecule has 0 radical (unpaired) electrons. The Kier molecular flexibility index (Phi) is 6.13. The smallest absolute Gasteiger partial charge is 0.251 e. The predicted octanol–water partition coefficient (Wildman–Crippen LogP) is 5.85. The van der Waals surface area contributed by atoms with Gasteiger partial charge < -0.3 is 15.0 Å². The van der Waals surface area contributed by atoms with Gasteiger partial charge in [0.2, 0.25) is 0 Å². The van der Waals surface area contributed by atoms with Crippen molar-refractivity contribution in [2.24, 2.45) is 5.73 Å². The van der Waals surface area contributed by atoms with E-state index in [0.29, 0.717) is 12.1 Å². The average molecular weight is 425 g/mol. The minimum atomic E-state index is -0.405. The van der Waals surface area contributed by atoms with Crippen molar-refractivity contribution in [3.8, 4) is 28.0 Å². The number of ether oxygens (including phenoxy) is 1. The second kappa shape index (κ2) is 9.15. The number of carbonyl (C=O) groups excluding carboxylic acids is 1. The number of carbonyl (C=O) groups is 1. The van der Waals surface area contributed by atoms with Crippen molar-refractivity contribution in [1.29, 1.82) is 0 Å². The number of nitrogens with two attached hydrogens (primary N) is 1. The summed E-state index contributed by atoms with van der Waals surface area (Å²) in [5.41, 5.74) is 13.7. The number of benzene rings is 3. The molecule has 1 aromatic heterocycles. The van der Waals surface area contributed by atoms with Gasteiger partial charge in [0.25, 0.3) is 5.91 Å². The molecule has 0 bridgehead atoms. The maximum absolute atomic E-state index is 12.5. The molecule has 2 N–H and O–H groups in total. The third-order valence-electron chi connectivity index (χ3n) is 6.01. The number of hydrogen-bond donors (Lipinski definition) is 1. The maximum atomic E-state index is 12.5. The SMILES string of the molecule is CCc1c(-c2ccc(-c3ccccc3)cc2)c(C(N)=O)c(C)n1Cc1ccccc1OC. The van der Waals surface area contributed by atoms with E-state index in [4.69, 9.17) is 10.5 Å². The first-order chi connectivity index (χ1) is 15.5. The van der Waals surface area contributed by atoms with Crippen molar-refractivity contribution in [3.63, 3.8) is 0 Å². The van der Waals surface area contributed by atoms with Crippen LogP contribution in [0.2, 0.25) is 0 Å². The van der Waals surface area contributed by atoms with E-state index in [2.05, 4.69) is 54.0 Å². The number of methoxy groups -OCH3 is 1. The van der Waals surface area contributed by atoms with E-state index in [1.807, 2.05) is 43.3 Å². The monoisotopic (exact) mass is 424 g/mol. The van der Waals surface area contributed by atoms with Crippen molar-refractivity contribution in [3.05, 3.63) is 101 Å². The van der Waals surface area contributed by atoms with Crippen LogP contribution in [0.3, 0.4) is 0 Å². The Balaban J connectivity index is 1.83. The maximum Gasteiger partial charge on any atom is 0.251 e. The van der Waals surface area contributed by atoms with E-state index in [0.717, 1.165) is 51.4 Å². The second-order valence-corrected chi connectivity index (χ2v) is 7.84. The highest BCUT2D eigenvalue weighted by atomic mass is 16.5. The molecule has 1 amide bonds. The quantitative estimate of drug-likeness (QED) is 0.405. The lowest BCUT2D eigenvalue weighted by Gasteiger charge is -2.14. The molecule has 0 saturated heterocycles. The summed E-state index contributed by atoms with van der Waals surface area (Å²) >= 11 is 0. The lowest BCUT2D eigenvalue weighted by Crippen LogP contribution is -2.13. The summed E-state index contributed by atoms with van der Waals surface area (Å²) < 4.78 is 7.74. The normalized spacial score (nSPS) is 10.8. The molecule has 0 fully saturated rings. The summed E-state index contributed by atoms with van der Waals surface area (Å²) in [7, 11) is 1.68. The van der Waals surface area contributed by atoms with E-state index in [1.165, 1.54) is 0 Å². The van der Waals surface area contributed by atoms with Crippen molar-refractivity contribution in [2.45, 2.75) is 26.8 Å². The fraction of sp³-hybridized carbons (Fsp3) is 0.179. The number of rotatable bonds is 7. The van der Waals surface area contributed by atoms with Gasteiger partial charge in [-0.3, -0.25) is 4.79 Å². The molecule has 0 saturated carbocycles. The molecule has 4 aromatic rings. The molecule has 0 spiro atoms. The highest BCUT2D eigenvalue weighted by Gasteiger charge is 2.24. The number of nitrogens with zero attached hydrogens (tertiary/aromatic N) is 1. The van der Waals surface area contributed by atoms with Crippen LogP contribution in [-0.2, 0) is 13.0 Å². The molecule has 162 valence electrons. The molecular weight excluding hydrogens is 396 g/mol. The standard InChI is InChI=1S/C28H28N2O2/c1-4-24-27(22-16-14-21(15-17-22)20-10-6-5-7-11-20)26(28(29)31)19(2)30(24)18-23-12-8-9-13-25(23)32-3/h5-17H,4,18H2,1-3H3,(H2,29,31). The van der Waals surface area contributed by atoms with Gasteiger partial charge in [-0.1, -0.05) is 79.7 Å². The van der Waals surface area contributed by atoms with Crippen LogP contribution in [0, 0.1) is 6.92 Å². The first-order valence-electron chi connectivity index (χ1n) is 10.8. The Labute approximate surface area is 189 Å². The Morgan fingerprint density at radius 1 is 0.875 bits per heavy atom. The second-order valence-electron chi connectivity index (χ2n) is 7.84. The minimum absolute atomic E-state index is 0.405. The van der Waals surface area contributed by atoms with Crippen molar-refractivity contribution in [1.82, 2.24) is 4.57 Å². The molecule has 32 heavy (non-hydrogen) atoms. The molecule has 0 atom stereocenters. The Morgan fingerprint density at radius 2 is 1.47 bits per heavy atom. The number of hydrogen-bond acceptors (Lipinski definition) is 2. The molecule has 4 rings (SSSR count). The van der Waals surface area contributed by atoms with Gasteiger partial charge in [0, 0.05) is 22.5 Å². The first kappa shape index (κ1) is 21.4. The summed E-state index contributed by atoms with van der Waals surface area (Å²) in [5.74, 6) is 0.426. The number of amides is 1. The van der Waals surface area contributed by atoms with Crippen molar-refractivity contribution < 1.29 is 9.53 Å². The fourth-order valence-electron chi connectivity index (χ4n) is 4.46. The summed E-state index contributed by atoms with van der Waals surface area (Å²) in [6, 6.07) is 26.6. The van der Waals surface area contributed by atoms with Crippen molar-refractivity contribution in [2.75, 3.05) is 7.11 Å². The van der Waals surface area contributed by atoms with Crippen LogP contribution in [-0.4, -0.2) is 17.6 Å². The Bertz CT molecular complexity index is 1240. The summed E-state index contributed by atoms with van der Waals surface area (Å²) in [6.07, 6.45) is 0.777. The van der Waals surface area contributed by atoms with Crippen molar-refractivity contribution >= 4 is 5.91 Å². The summed E-state index contributed by atoms with van der Waals surface area (Å²) in [5, 5.41) is 0. The molecule has 0 aliphatic carbocycles. The van der Waals surface area contributed by atoms with Crippen LogP contribution in [0.4, 0.5) is 0 Å². The third-order valence-corrected chi connectivity index (χ3v) is 6.01. The van der Waals surface area contributed by atoms with E-state index < -0.39 is 5.91 Å².